The Hall–Kier alpha value is -5.79. The molecule has 66 heavy (non-hydrogen) atoms. The molecule has 0 spiro atoms. The van der Waals surface area contributed by atoms with Gasteiger partial charge in [-0.3, -0.25) is 19.2 Å². The largest absolute Gasteiger partial charge is 0.508 e. The summed E-state index contributed by atoms with van der Waals surface area (Å²) in [6.07, 6.45) is -9.01. The SMILES string of the molecule is CC(=O)OC[C@H]1O[C@@H](CC(=S)Nc2cccc(C3O[C@H](CN(C)C[C@@H](O)c4cccc(O)c4)[C@@H](c4ccccc4)[C@H](c4ccc(CO)cc4)O3)c2)[C@H](OC(C)=O)[C@@H](OC(C)=O)[C@@H]1OC(C)=O. The van der Waals surface area contributed by atoms with Crippen LogP contribution in [0.15, 0.2) is 103 Å². The van der Waals surface area contributed by atoms with E-state index in [9.17, 15) is 34.5 Å². The van der Waals surface area contributed by atoms with Crippen molar-refractivity contribution in [2.45, 2.75) is 102 Å². The number of nitrogens with one attached hydrogen (secondary N) is 1. The fourth-order valence-corrected chi connectivity index (χ4v) is 8.60. The molecule has 352 valence electrons. The molecule has 0 aliphatic carbocycles. The number of hydrogen-bond donors (Lipinski definition) is 4. The summed E-state index contributed by atoms with van der Waals surface area (Å²) < 4.78 is 42.1. The number of hydrogen-bond acceptors (Lipinski definition) is 16. The van der Waals surface area contributed by atoms with Gasteiger partial charge in [0.25, 0.3) is 0 Å². The number of anilines is 1. The van der Waals surface area contributed by atoms with Crippen molar-refractivity contribution in [2.75, 3.05) is 32.1 Å². The molecule has 2 aliphatic heterocycles. The van der Waals surface area contributed by atoms with E-state index in [0.717, 1.165) is 30.5 Å². The van der Waals surface area contributed by atoms with Gasteiger partial charge in [-0.05, 0) is 53.6 Å². The molecule has 2 aliphatic rings. The second kappa shape index (κ2) is 23.1. The van der Waals surface area contributed by atoms with Crippen LogP contribution in [-0.4, -0.2) is 112 Å². The Bertz CT molecular complexity index is 2300. The highest BCUT2D eigenvalue weighted by Crippen LogP contribution is 2.47. The van der Waals surface area contributed by atoms with Crippen molar-refractivity contribution in [1.29, 1.82) is 0 Å². The Morgan fingerprint density at radius 2 is 1.35 bits per heavy atom. The number of aliphatic hydroxyl groups excluding tert-OH is 2. The van der Waals surface area contributed by atoms with E-state index < -0.39 is 79.0 Å². The highest BCUT2D eigenvalue weighted by molar-refractivity contribution is 7.80. The van der Waals surface area contributed by atoms with Gasteiger partial charge in [0.2, 0.25) is 0 Å². The Labute approximate surface area is 388 Å². The Balaban J connectivity index is 1.28. The minimum atomic E-state index is -1.34. The second-order valence-electron chi connectivity index (χ2n) is 16.3. The number of aliphatic hydroxyl groups is 2. The maximum absolute atomic E-state index is 12.4. The molecular weight excluding hydrogens is 873 g/mol. The number of likely N-dealkylation sites (N-methyl/N-ethyl adjacent to an activating group) is 1. The quantitative estimate of drug-likeness (QED) is 0.0565. The molecule has 1 unspecified atom stereocenters. The van der Waals surface area contributed by atoms with Crippen molar-refractivity contribution >= 4 is 46.8 Å². The summed E-state index contributed by atoms with van der Waals surface area (Å²) in [6, 6.07) is 31.3. The predicted octanol–water partition coefficient (Wildman–Crippen LogP) is 5.74. The average Bonchev–Trinajstić information content (AvgIpc) is 3.27. The van der Waals surface area contributed by atoms with Crippen LogP contribution in [0.3, 0.4) is 0 Å². The molecule has 0 saturated carbocycles. The maximum Gasteiger partial charge on any atom is 0.303 e. The predicted molar refractivity (Wildman–Crippen MR) is 243 cm³/mol. The molecule has 17 heteroatoms. The van der Waals surface area contributed by atoms with E-state index in [-0.39, 0.29) is 42.8 Å². The van der Waals surface area contributed by atoms with E-state index in [4.69, 9.17) is 45.4 Å². The third-order valence-corrected chi connectivity index (χ3v) is 11.4. The smallest absolute Gasteiger partial charge is 0.303 e. The summed E-state index contributed by atoms with van der Waals surface area (Å²) >= 11 is 5.84. The molecule has 2 heterocycles. The van der Waals surface area contributed by atoms with Crippen molar-refractivity contribution in [3.05, 3.63) is 131 Å². The molecule has 16 nitrogen and oxygen atoms in total. The topological polar surface area (TPSA) is 209 Å². The number of nitrogens with zero attached hydrogens (tertiary/aromatic N) is 1. The van der Waals surface area contributed by atoms with Gasteiger partial charge in [-0.2, -0.15) is 0 Å². The zero-order valence-corrected chi connectivity index (χ0v) is 38.1. The molecule has 4 N–H and O–H groups in total. The third-order valence-electron chi connectivity index (χ3n) is 11.1. The van der Waals surface area contributed by atoms with Crippen LogP contribution in [0, 0.1) is 0 Å². The second-order valence-corrected chi connectivity index (χ2v) is 16.8. The van der Waals surface area contributed by atoms with Gasteiger partial charge in [0.05, 0.1) is 29.9 Å². The first-order chi connectivity index (χ1) is 31.6. The lowest BCUT2D eigenvalue weighted by atomic mass is 9.83. The van der Waals surface area contributed by atoms with Gasteiger partial charge in [-0.15, -0.1) is 0 Å². The molecule has 0 amide bonds. The summed E-state index contributed by atoms with van der Waals surface area (Å²) in [5, 5.41) is 34.3. The van der Waals surface area contributed by atoms with Crippen molar-refractivity contribution < 1.29 is 67.7 Å². The number of carbonyl (C=O) groups is 4. The molecule has 10 atom stereocenters. The number of phenols is 1. The Morgan fingerprint density at radius 3 is 1.98 bits per heavy atom. The highest BCUT2D eigenvalue weighted by Gasteiger charge is 2.52. The molecule has 0 bridgehead atoms. The van der Waals surface area contributed by atoms with Gasteiger partial charge in [-0.1, -0.05) is 91.1 Å². The van der Waals surface area contributed by atoms with Crippen LogP contribution in [0.5, 0.6) is 5.75 Å². The van der Waals surface area contributed by atoms with Gasteiger partial charge in [0.15, 0.2) is 24.6 Å². The maximum atomic E-state index is 12.4. The number of esters is 4. The normalized spacial score (nSPS) is 24.4. The first-order valence-electron chi connectivity index (χ1n) is 21.5. The summed E-state index contributed by atoms with van der Waals surface area (Å²) in [6.45, 7) is 4.80. The van der Waals surface area contributed by atoms with Crippen molar-refractivity contribution in [1.82, 2.24) is 4.90 Å². The fourth-order valence-electron chi connectivity index (χ4n) is 8.32. The number of aromatic hydroxyl groups is 1. The Kier molecular flexibility index (Phi) is 17.4. The van der Waals surface area contributed by atoms with Crippen LogP contribution >= 0.6 is 12.2 Å². The van der Waals surface area contributed by atoms with Crippen molar-refractivity contribution in [2.24, 2.45) is 0 Å². The standard InChI is InChI=1S/C49H56N2O14S/c1-28(53)59-27-42-47(61-30(3)55)48(62-31(4)56)46(60-29(2)54)40(63-42)23-43(66)50-37-15-9-14-36(21-37)49-64-41(25-51(5)24-39(58)35-13-10-16-38(57)22-35)44(33-11-7-6-8-12-33)45(65-49)34-19-17-32(26-52)18-20-34/h6-22,39-42,44-49,52,57-58H,23-27H2,1-5H3,(H,50,66)/t39-,40+,41-,42-,44-,45+,46+,47-,48-,49?/m1/s1. The van der Waals surface area contributed by atoms with Crippen LogP contribution in [0.1, 0.15) is 86.3 Å². The molecule has 2 fully saturated rings. The summed E-state index contributed by atoms with van der Waals surface area (Å²) in [7, 11) is 1.89. The van der Waals surface area contributed by atoms with E-state index in [0.29, 0.717) is 23.4 Å². The number of phenolic OH excluding ortho intramolecular Hbond substituents is 1. The van der Waals surface area contributed by atoms with Crippen LogP contribution in [0.4, 0.5) is 5.69 Å². The lowest BCUT2D eigenvalue weighted by Crippen LogP contribution is -2.62. The first kappa shape index (κ1) is 49.6. The lowest BCUT2D eigenvalue weighted by Gasteiger charge is -2.44. The van der Waals surface area contributed by atoms with E-state index in [2.05, 4.69) is 5.32 Å². The van der Waals surface area contributed by atoms with Crippen LogP contribution in [0.25, 0.3) is 0 Å². The van der Waals surface area contributed by atoms with Crippen LogP contribution in [-0.2, 0) is 58.9 Å². The minimum Gasteiger partial charge on any atom is -0.508 e. The Morgan fingerprint density at radius 1 is 0.712 bits per heavy atom. The van der Waals surface area contributed by atoms with Gasteiger partial charge in [0.1, 0.15) is 24.6 Å². The zero-order chi connectivity index (χ0) is 47.5. The fraction of sp³-hybridized carbons (Fsp3) is 0.408. The summed E-state index contributed by atoms with van der Waals surface area (Å²) in [5.41, 5.74) is 4.35. The number of carbonyl (C=O) groups excluding carboxylic acids is 4. The van der Waals surface area contributed by atoms with E-state index in [1.165, 1.54) is 19.9 Å². The third kappa shape index (κ3) is 13.4. The van der Waals surface area contributed by atoms with E-state index in [1.807, 2.05) is 84.7 Å². The monoisotopic (exact) mass is 928 g/mol. The van der Waals surface area contributed by atoms with E-state index in [1.54, 1.807) is 24.3 Å². The zero-order valence-electron chi connectivity index (χ0n) is 37.3. The minimum absolute atomic E-state index is 0.0576. The molecule has 6 rings (SSSR count). The van der Waals surface area contributed by atoms with Crippen molar-refractivity contribution in [3.8, 4) is 5.75 Å². The van der Waals surface area contributed by atoms with Gasteiger partial charge in [-0.25, -0.2) is 0 Å². The first-order valence-corrected chi connectivity index (χ1v) is 21.9. The van der Waals surface area contributed by atoms with Gasteiger partial charge >= 0.3 is 23.9 Å². The highest BCUT2D eigenvalue weighted by atomic mass is 32.1. The average molecular weight is 929 g/mol. The number of ether oxygens (including phenoxy) is 7. The molecule has 4 aromatic carbocycles. The van der Waals surface area contributed by atoms with Gasteiger partial charge < -0.3 is 58.7 Å². The molecule has 2 saturated heterocycles. The number of thiocarbonyl (C=S) groups is 1. The molecule has 0 aromatic heterocycles. The summed E-state index contributed by atoms with van der Waals surface area (Å²) in [5.74, 6) is -3.10. The molecule has 0 radical (unpaired) electrons. The van der Waals surface area contributed by atoms with E-state index >= 15 is 0 Å². The molecular formula is C49H56N2O14S. The number of benzene rings is 4. The summed E-state index contributed by atoms with van der Waals surface area (Å²) in [4.78, 5) is 51.0. The molecule has 4 aromatic rings. The van der Waals surface area contributed by atoms with Crippen LogP contribution < -0.4 is 5.32 Å². The van der Waals surface area contributed by atoms with Crippen LogP contribution in [0.2, 0.25) is 0 Å². The number of rotatable bonds is 17. The van der Waals surface area contributed by atoms with Crippen molar-refractivity contribution in [3.63, 3.8) is 0 Å². The lowest BCUT2D eigenvalue weighted by molar-refractivity contribution is -0.263. The van der Waals surface area contributed by atoms with Gasteiger partial charge in [0, 0.05) is 64.4 Å².